The highest BCUT2D eigenvalue weighted by Gasteiger charge is 2.20. The molecule has 0 amide bonds. The zero-order chi connectivity index (χ0) is 15.1. The van der Waals surface area contributed by atoms with Crippen LogP contribution in [0.25, 0.3) is 0 Å². The average Bonchev–Trinajstić information content (AvgIpc) is 2.52. The Kier molecular flexibility index (Phi) is 6.02. The van der Waals surface area contributed by atoms with Crippen LogP contribution in [-0.2, 0) is 4.79 Å². The van der Waals surface area contributed by atoms with E-state index in [4.69, 9.17) is 5.11 Å². The predicted molar refractivity (Wildman–Crippen MR) is 84.8 cm³/mol. The van der Waals surface area contributed by atoms with E-state index in [1.807, 2.05) is 13.0 Å². The molecule has 116 valence electrons. The number of para-hydroxylation sites is 1. The molecule has 0 bridgehead atoms. The number of likely N-dealkylation sites (N-methyl/N-ethyl adjacent to an activating group) is 1. The van der Waals surface area contributed by atoms with Crippen molar-refractivity contribution in [3.8, 4) is 0 Å². The third-order valence-electron chi connectivity index (χ3n) is 3.98. The maximum absolute atomic E-state index is 11.1. The molecular weight excluding hydrogens is 266 g/mol. The van der Waals surface area contributed by atoms with Crippen LogP contribution in [0.1, 0.15) is 13.3 Å². The smallest absolute Gasteiger partial charge is 0.320 e. The molecular formula is C16H25N3O2. The molecule has 1 atom stereocenters. The average molecular weight is 291 g/mol. The van der Waals surface area contributed by atoms with Crippen LogP contribution in [0.4, 0.5) is 5.69 Å². The Morgan fingerprint density at radius 1 is 1.24 bits per heavy atom. The van der Waals surface area contributed by atoms with E-state index in [1.165, 1.54) is 5.69 Å². The predicted octanol–water partition coefficient (Wildman–Crippen LogP) is 1.26. The molecule has 1 aromatic rings. The van der Waals surface area contributed by atoms with Gasteiger partial charge in [0.05, 0.1) is 0 Å². The fourth-order valence-electron chi connectivity index (χ4n) is 2.74. The lowest BCUT2D eigenvalue weighted by Gasteiger charge is -2.36. The topological polar surface area (TPSA) is 55.8 Å². The van der Waals surface area contributed by atoms with Crippen LogP contribution in [0.5, 0.6) is 0 Å². The molecule has 0 radical (unpaired) electrons. The van der Waals surface area contributed by atoms with Crippen molar-refractivity contribution in [2.45, 2.75) is 19.4 Å². The van der Waals surface area contributed by atoms with Gasteiger partial charge in [0.2, 0.25) is 0 Å². The molecule has 2 rings (SSSR count). The second-order valence-electron chi connectivity index (χ2n) is 5.40. The standard InChI is InChI=1S/C16H25N3O2/c1-2-17-15(16(20)21)8-9-18-10-12-19(13-11-18)14-6-4-3-5-7-14/h3-7,15,17H,2,8-13H2,1H3,(H,20,21). The minimum Gasteiger partial charge on any atom is -0.480 e. The zero-order valence-corrected chi connectivity index (χ0v) is 12.7. The number of carboxylic acid groups (broad SMARTS) is 1. The molecule has 1 fully saturated rings. The number of anilines is 1. The number of hydrogen-bond donors (Lipinski definition) is 2. The van der Waals surface area contributed by atoms with Crippen LogP contribution in [0.2, 0.25) is 0 Å². The summed E-state index contributed by atoms with van der Waals surface area (Å²) in [4.78, 5) is 15.8. The molecule has 0 aliphatic carbocycles. The van der Waals surface area contributed by atoms with Gasteiger partial charge >= 0.3 is 5.97 Å². The van der Waals surface area contributed by atoms with E-state index in [0.717, 1.165) is 32.7 Å². The number of rotatable bonds is 7. The van der Waals surface area contributed by atoms with Crippen LogP contribution >= 0.6 is 0 Å². The van der Waals surface area contributed by atoms with Gasteiger partial charge in [0, 0.05) is 38.4 Å². The lowest BCUT2D eigenvalue weighted by molar-refractivity contribution is -0.139. The first-order valence-electron chi connectivity index (χ1n) is 7.69. The molecule has 1 saturated heterocycles. The summed E-state index contributed by atoms with van der Waals surface area (Å²) in [5.41, 5.74) is 1.27. The van der Waals surface area contributed by atoms with Gasteiger partial charge in [-0.15, -0.1) is 0 Å². The number of hydrogen-bond acceptors (Lipinski definition) is 4. The Bertz CT molecular complexity index is 430. The van der Waals surface area contributed by atoms with Gasteiger partial charge in [-0.3, -0.25) is 9.69 Å². The van der Waals surface area contributed by atoms with E-state index in [-0.39, 0.29) is 0 Å². The van der Waals surface area contributed by atoms with Gasteiger partial charge in [0.1, 0.15) is 6.04 Å². The Hall–Kier alpha value is -1.59. The zero-order valence-electron chi connectivity index (χ0n) is 12.7. The Labute approximate surface area is 126 Å². The number of nitrogens with zero attached hydrogens (tertiary/aromatic N) is 2. The van der Waals surface area contributed by atoms with Gasteiger partial charge < -0.3 is 15.3 Å². The van der Waals surface area contributed by atoms with E-state index in [0.29, 0.717) is 13.0 Å². The molecule has 2 N–H and O–H groups in total. The second-order valence-corrected chi connectivity index (χ2v) is 5.40. The van der Waals surface area contributed by atoms with E-state index in [9.17, 15) is 4.79 Å². The monoisotopic (exact) mass is 291 g/mol. The molecule has 0 saturated carbocycles. The van der Waals surface area contributed by atoms with Crippen molar-refractivity contribution in [2.75, 3.05) is 44.2 Å². The van der Waals surface area contributed by atoms with Gasteiger partial charge in [-0.1, -0.05) is 25.1 Å². The van der Waals surface area contributed by atoms with E-state index in [1.54, 1.807) is 0 Å². The van der Waals surface area contributed by atoms with Crippen LogP contribution in [-0.4, -0.2) is 61.3 Å². The first kappa shape index (κ1) is 15.8. The van der Waals surface area contributed by atoms with Crippen molar-refractivity contribution in [2.24, 2.45) is 0 Å². The van der Waals surface area contributed by atoms with Crippen molar-refractivity contribution in [1.29, 1.82) is 0 Å². The van der Waals surface area contributed by atoms with Crippen LogP contribution in [0.3, 0.4) is 0 Å². The first-order chi connectivity index (χ1) is 10.2. The van der Waals surface area contributed by atoms with Crippen LogP contribution in [0, 0.1) is 0 Å². The number of benzene rings is 1. The quantitative estimate of drug-likeness (QED) is 0.792. The lowest BCUT2D eigenvalue weighted by Crippen LogP contribution is -2.48. The SMILES string of the molecule is CCNC(CCN1CCN(c2ccccc2)CC1)C(=O)O. The summed E-state index contributed by atoms with van der Waals surface area (Å²) in [6.45, 7) is 7.46. The molecule has 1 unspecified atom stereocenters. The van der Waals surface area contributed by atoms with Crippen LogP contribution < -0.4 is 10.2 Å². The van der Waals surface area contributed by atoms with Crippen molar-refractivity contribution in [3.63, 3.8) is 0 Å². The molecule has 1 aliphatic heterocycles. The fourth-order valence-corrected chi connectivity index (χ4v) is 2.74. The van der Waals surface area contributed by atoms with Crippen molar-refractivity contribution in [1.82, 2.24) is 10.2 Å². The third-order valence-corrected chi connectivity index (χ3v) is 3.98. The molecule has 1 aromatic carbocycles. The Morgan fingerprint density at radius 2 is 1.90 bits per heavy atom. The minimum atomic E-state index is -0.750. The van der Waals surface area contributed by atoms with E-state index < -0.39 is 12.0 Å². The van der Waals surface area contributed by atoms with E-state index >= 15 is 0 Å². The largest absolute Gasteiger partial charge is 0.480 e. The summed E-state index contributed by atoms with van der Waals surface area (Å²) in [5.74, 6) is -0.750. The summed E-state index contributed by atoms with van der Waals surface area (Å²) in [6.07, 6.45) is 0.661. The van der Waals surface area contributed by atoms with Crippen molar-refractivity contribution >= 4 is 11.7 Å². The van der Waals surface area contributed by atoms with Gasteiger partial charge in [-0.25, -0.2) is 0 Å². The molecule has 5 nitrogen and oxygen atoms in total. The second kappa shape index (κ2) is 8.00. The molecule has 1 heterocycles. The molecule has 0 aromatic heterocycles. The highest BCUT2D eigenvalue weighted by molar-refractivity contribution is 5.73. The highest BCUT2D eigenvalue weighted by Crippen LogP contribution is 2.15. The Morgan fingerprint density at radius 3 is 2.48 bits per heavy atom. The molecule has 21 heavy (non-hydrogen) atoms. The number of aliphatic carboxylic acids is 1. The summed E-state index contributed by atoms with van der Waals surface area (Å²) < 4.78 is 0. The normalized spacial score (nSPS) is 17.7. The number of piperazine rings is 1. The maximum atomic E-state index is 11.1. The number of nitrogens with one attached hydrogen (secondary N) is 1. The molecule has 1 aliphatic rings. The highest BCUT2D eigenvalue weighted by atomic mass is 16.4. The minimum absolute atomic E-state index is 0.429. The first-order valence-corrected chi connectivity index (χ1v) is 7.69. The third kappa shape index (κ3) is 4.72. The van der Waals surface area contributed by atoms with Gasteiger partial charge in [-0.05, 0) is 25.1 Å². The van der Waals surface area contributed by atoms with Crippen molar-refractivity contribution in [3.05, 3.63) is 30.3 Å². The number of carboxylic acids is 1. The number of carbonyl (C=O) groups is 1. The lowest BCUT2D eigenvalue weighted by atomic mass is 10.2. The van der Waals surface area contributed by atoms with Crippen LogP contribution in [0.15, 0.2) is 30.3 Å². The summed E-state index contributed by atoms with van der Waals surface area (Å²) in [6, 6.07) is 10.0. The molecule has 0 spiro atoms. The fraction of sp³-hybridized carbons (Fsp3) is 0.562. The summed E-state index contributed by atoms with van der Waals surface area (Å²) in [5, 5.41) is 12.2. The summed E-state index contributed by atoms with van der Waals surface area (Å²) >= 11 is 0. The molecule has 5 heteroatoms. The Balaban J connectivity index is 1.75. The summed E-state index contributed by atoms with van der Waals surface area (Å²) in [7, 11) is 0. The van der Waals surface area contributed by atoms with Gasteiger partial charge in [0.25, 0.3) is 0 Å². The van der Waals surface area contributed by atoms with E-state index in [2.05, 4.69) is 39.4 Å². The van der Waals surface area contributed by atoms with Crippen molar-refractivity contribution < 1.29 is 9.90 Å². The maximum Gasteiger partial charge on any atom is 0.320 e. The van der Waals surface area contributed by atoms with Gasteiger partial charge in [-0.2, -0.15) is 0 Å². The van der Waals surface area contributed by atoms with Gasteiger partial charge in [0.15, 0.2) is 0 Å².